The maximum atomic E-state index is 13.8. The van der Waals surface area contributed by atoms with E-state index in [1.807, 2.05) is 20.8 Å². The summed E-state index contributed by atoms with van der Waals surface area (Å²) in [4.78, 5) is 33.5. The molecule has 0 saturated carbocycles. The Balaban J connectivity index is 1.83. The van der Waals surface area contributed by atoms with Crippen molar-refractivity contribution in [1.29, 1.82) is 0 Å². The number of hydrogen-bond donors (Lipinski definition) is 1. The van der Waals surface area contributed by atoms with Gasteiger partial charge in [-0.25, -0.2) is 9.78 Å². The van der Waals surface area contributed by atoms with Crippen molar-refractivity contribution in [3.63, 3.8) is 0 Å². The van der Waals surface area contributed by atoms with E-state index in [-0.39, 0.29) is 24.4 Å². The Labute approximate surface area is 255 Å². The van der Waals surface area contributed by atoms with Crippen LogP contribution in [0, 0.1) is 5.92 Å². The highest BCUT2D eigenvalue weighted by Crippen LogP contribution is 2.38. The van der Waals surface area contributed by atoms with E-state index in [2.05, 4.69) is 5.32 Å². The molecule has 240 valence electrons. The van der Waals surface area contributed by atoms with Crippen molar-refractivity contribution in [3.05, 3.63) is 94.0 Å². The Hall–Kier alpha value is -4.55. The number of carbonyl (C=O) groups is 1. The monoisotopic (exact) mass is 634 g/mol. The fraction of sp³-hybridized carbons (Fsp3) is 0.344. The zero-order chi connectivity index (χ0) is 33.1. The fourth-order valence-corrected chi connectivity index (χ4v) is 4.77. The molecule has 4 rings (SSSR count). The molecule has 1 heterocycles. The first-order chi connectivity index (χ1) is 21.1. The second-order valence-corrected chi connectivity index (χ2v) is 10.8. The summed E-state index contributed by atoms with van der Waals surface area (Å²) in [7, 11) is 0. The third kappa shape index (κ3) is 7.76. The third-order valence-corrected chi connectivity index (χ3v) is 7.10. The Bertz CT molecular complexity index is 1680. The van der Waals surface area contributed by atoms with E-state index in [0.29, 0.717) is 47.5 Å². The number of anilines is 1. The van der Waals surface area contributed by atoms with Gasteiger partial charge in [-0.05, 0) is 80.8 Å². The molecule has 0 aliphatic carbocycles. The van der Waals surface area contributed by atoms with Crippen LogP contribution in [0.15, 0.2) is 71.5 Å². The maximum Gasteiger partial charge on any atom is 0.416 e. The van der Waals surface area contributed by atoms with Gasteiger partial charge in [-0.15, -0.1) is 0 Å². The lowest BCUT2D eigenvalue weighted by Gasteiger charge is -2.31. The molecule has 4 aromatic rings. The summed E-state index contributed by atoms with van der Waals surface area (Å²) in [5.74, 6) is 0.785. The molecule has 0 radical (unpaired) electrons. The van der Waals surface area contributed by atoms with Gasteiger partial charge in [0.1, 0.15) is 11.6 Å². The molecule has 3 aromatic carbocycles. The number of nitrogens with zero attached hydrogens (tertiary/aromatic N) is 3. The number of aromatic nitrogens is 2. The van der Waals surface area contributed by atoms with Gasteiger partial charge in [-0.3, -0.25) is 9.36 Å². The van der Waals surface area contributed by atoms with E-state index < -0.39 is 46.8 Å². The summed E-state index contributed by atoms with van der Waals surface area (Å²) < 4.78 is 87.8. The van der Waals surface area contributed by atoms with Gasteiger partial charge in [0.2, 0.25) is 0 Å². The fourth-order valence-electron chi connectivity index (χ4n) is 4.77. The molecule has 2 amide bonds. The van der Waals surface area contributed by atoms with Gasteiger partial charge in [0.25, 0.3) is 5.56 Å². The molecule has 1 unspecified atom stereocenters. The number of rotatable bonds is 9. The Kier molecular flexibility index (Phi) is 9.79. The maximum absolute atomic E-state index is 13.8. The lowest BCUT2D eigenvalue weighted by atomic mass is 10.1. The van der Waals surface area contributed by atoms with Crippen LogP contribution in [0.5, 0.6) is 5.75 Å². The Morgan fingerprint density at radius 1 is 0.933 bits per heavy atom. The van der Waals surface area contributed by atoms with Crippen LogP contribution in [-0.2, 0) is 12.4 Å². The molecule has 1 aromatic heterocycles. The molecule has 45 heavy (non-hydrogen) atoms. The number of fused-ring (bicyclic) bond motifs is 1. The molecule has 0 aliphatic heterocycles. The van der Waals surface area contributed by atoms with Gasteiger partial charge in [-0.2, -0.15) is 26.3 Å². The standard InChI is InChI=1S/C32H32F6N4O3/c1-5-45-25-12-10-24(11-13-25)42-28(40-27-9-7-6-8-26(27)29(42)43)20(4)41(15-14-19(2)3)30(44)39-23-17-21(31(33,34)35)16-22(18-23)32(36,37)38/h6-13,16-20H,5,14-15H2,1-4H3,(H,39,44). The highest BCUT2D eigenvalue weighted by atomic mass is 19.4. The quantitative estimate of drug-likeness (QED) is 0.188. The summed E-state index contributed by atoms with van der Waals surface area (Å²) >= 11 is 0. The van der Waals surface area contributed by atoms with Gasteiger partial charge in [0, 0.05) is 12.2 Å². The number of halogens is 6. The molecule has 7 nitrogen and oxygen atoms in total. The number of carbonyl (C=O) groups excluding carboxylic acids is 1. The average molecular weight is 635 g/mol. The number of amides is 2. The molecule has 0 spiro atoms. The predicted octanol–water partition coefficient (Wildman–Crippen LogP) is 8.46. The number of hydrogen-bond acceptors (Lipinski definition) is 4. The van der Waals surface area contributed by atoms with Gasteiger partial charge in [0.15, 0.2) is 0 Å². The molecule has 0 fully saturated rings. The molecule has 0 bridgehead atoms. The summed E-state index contributed by atoms with van der Waals surface area (Å²) in [5.41, 5.74) is -3.46. The predicted molar refractivity (Wildman–Crippen MR) is 159 cm³/mol. The first-order valence-electron chi connectivity index (χ1n) is 14.2. The number of urea groups is 1. The van der Waals surface area contributed by atoms with Crippen LogP contribution in [0.25, 0.3) is 16.6 Å². The SMILES string of the molecule is CCOc1ccc(-n2c(C(C)N(CCC(C)C)C(=O)Nc3cc(C(F)(F)F)cc(C(F)(F)F)c3)nc3ccccc3c2=O)cc1. The molecule has 0 aliphatic rings. The van der Waals surface area contributed by atoms with Crippen LogP contribution in [0.3, 0.4) is 0 Å². The summed E-state index contributed by atoms with van der Waals surface area (Å²) in [6.45, 7) is 7.69. The minimum atomic E-state index is -5.09. The van der Waals surface area contributed by atoms with Crippen molar-refractivity contribution >= 4 is 22.6 Å². The van der Waals surface area contributed by atoms with E-state index >= 15 is 0 Å². The topological polar surface area (TPSA) is 76.5 Å². The van der Waals surface area contributed by atoms with Crippen molar-refractivity contribution in [3.8, 4) is 11.4 Å². The largest absolute Gasteiger partial charge is 0.494 e. The van der Waals surface area contributed by atoms with E-state index in [1.54, 1.807) is 55.5 Å². The van der Waals surface area contributed by atoms with Crippen molar-refractivity contribution in [1.82, 2.24) is 14.5 Å². The Morgan fingerprint density at radius 2 is 1.53 bits per heavy atom. The van der Waals surface area contributed by atoms with Crippen LogP contribution in [0.2, 0.25) is 0 Å². The van der Waals surface area contributed by atoms with Gasteiger partial charge < -0.3 is 15.0 Å². The summed E-state index contributed by atoms with van der Waals surface area (Å²) in [6.07, 6.45) is -9.74. The lowest BCUT2D eigenvalue weighted by Crippen LogP contribution is -2.41. The van der Waals surface area contributed by atoms with Crippen molar-refractivity contribution < 1.29 is 35.9 Å². The second kappa shape index (κ2) is 13.2. The normalized spacial score (nSPS) is 12.8. The number of nitrogens with one attached hydrogen (secondary N) is 1. The van der Waals surface area contributed by atoms with Gasteiger partial charge in [0.05, 0.1) is 40.4 Å². The highest BCUT2D eigenvalue weighted by molar-refractivity contribution is 5.90. The second-order valence-electron chi connectivity index (χ2n) is 10.8. The van der Waals surface area contributed by atoms with Crippen molar-refractivity contribution in [2.45, 2.75) is 52.5 Å². The van der Waals surface area contributed by atoms with E-state index in [0.717, 1.165) is 0 Å². The third-order valence-electron chi connectivity index (χ3n) is 7.10. The minimum absolute atomic E-state index is 0.0106. The van der Waals surface area contributed by atoms with Crippen molar-refractivity contribution in [2.75, 3.05) is 18.5 Å². The molecule has 1 N–H and O–H groups in total. The van der Waals surface area contributed by atoms with E-state index in [1.165, 1.54) is 9.47 Å². The van der Waals surface area contributed by atoms with Crippen LogP contribution in [0.1, 0.15) is 57.1 Å². The van der Waals surface area contributed by atoms with Crippen LogP contribution < -0.4 is 15.6 Å². The summed E-state index contributed by atoms with van der Waals surface area (Å²) in [5, 5.41) is 2.54. The molecular formula is C32H32F6N4O3. The van der Waals surface area contributed by atoms with E-state index in [9.17, 15) is 35.9 Å². The number of ether oxygens (including phenoxy) is 1. The zero-order valence-electron chi connectivity index (χ0n) is 25.0. The minimum Gasteiger partial charge on any atom is -0.494 e. The average Bonchev–Trinajstić information content (AvgIpc) is 2.96. The smallest absolute Gasteiger partial charge is 0.416 e. The first kappa shape index (κ1) is 33.3. The highest BCUT2D eigenvalue weighted by Gasteiger charge is 2.37. The van der Waals surface area contributed by atoms with E-state index in [4.69, 9.17) is 9.72 Å². The van der Waals surface area contributed by atoms with Gasteiger partial charge in [-0.1, -0.05) is 26.0 Å². The molecule has 0 saturated heterocycles. The number of alkyl halides is 6. The number of benzene rings is 3. The zero-order valence-corrected chi connectivity index (χ0v) is 25.0. The molecular weight excluding hydrogens is 602 g/mol. The van der Waals surface area contributed by atoms with Crippen molar-refractivity contribution in [2.24, 2.45) is 5.92 Å². The molecule has 13 heteroatoms. The van der Waals surface area contributed by atoms with Crippen LogP contribution in [-0.4, -0.2) is 33.6 Å². The van der Waals surface area contributed by atoms with Crippen LogP contribution >= 0.6 is 0 Å². The first-order valence-corrected chi connectivity index (χ1v) is 14.2. The van der Waals surface area contributed by atoms with Crippen LogP contribution in [0.4, 0.5) is 36.8 Å². The number of para-hydroxylation sites is 1. The summed E-state index contributed by atoms with van der Waals surface area (Å²) in [6, 6.07) is 12.2. The van der Waals surface area contributed by atoms with Gasteiger partial charge >= 0.3 is 18.4 Å². The lowest BCUT2D eigenvalue weighted by molar-refractivity contribution is -0.143. The molecule has 1 atom stereocenters. The Morgan fingerprint density at radius 3 is 2.09 bits per heavy atom.